The first-order chi connectivity index (χ1) is 10.9. The van der Waals surface area contributed by atoms with Crippen molar-refractivity contribution in [3.8, 4) is 5.69 Å². The van der Waals surface area contributed by atoms with E-state index in [2.05, 4.69) is 15.0 Å². The summed E-state index contributed by atoms with van der Waals surface area (Å²) in [5.74, 6) is -0.763. The minimum absolute atomic E-state index is 0.0611. The van der Waals surface area contributed by atoms with Gasteiger partial charge in [0.05, 0.1) is 21.8 Å². The van der Waals surface area contributed by atoms with E-state index in [0.717, 1.165) is 10.6 Å². The Morgan fingerprint density at radius 3 is 2.65 bits per heavy atom. The number of aryl methyl sites for hydroxylation is 1. The van der Waals surface area contributed by atoms with Crippen LogP contribution in [0.3, 0.4) is 0 Å². The Morgan fingerprint density at radius 1 is 1.22 bits per heavy atom. The Balaban J connectivity index is 2.53. The predicted octanol–water partition coefficient (Wildman–Crippen LogP) is 3.84. The van der Waals surface area contributed by atoms with Crippen molar-refractivity contribution in [1.82, 2.24) is 19.5 Å². The van der Waals surface area contributed by atoms with Crippen molar-refractivity contribution in [2.24, 2.45) is 0 Å². The molecule has 0 spiro atoms. The number of hydrogen-bond acceptors (Lipinski definition) is 4. The van der Waals surface area contributed by atoms with Crippen LogP contribution in [0.1, 0.15) is 12.6 Å². The van der Waals surface area contributed by atoms with Gasteiger partial charge in [-0.25, -0.2) is 18.7 Å². The van der Waals surface area contributed by atoms with Crippen LogP contribution in [-0.4, -0.2) is 19.5 Å². The Hall–Kier alpha value is -1.76. The van der Waals surface area contributed by atoms with Crippen molar-refractivity contribution in [2.75, 3.05) is 0 Å². The molecule has 0 unspecified atom stereocenters. The van der Waals surface area contributed by atoms with Crippen molar-refractivity contribution in [3.63, 3.8) is 0 Å². The topological polar surface area (TPSA) is 60.7 Å². The highest BCUT2D eigenvalue weighted by molar-refractivity contribution is 6.35. The quantitative estimate of drug-likeness (QED) is 0.506. The molecule has 3 aromatic rings. The summed E-state index contributed by atoms with van der Waals surface area (Å²) in [4.78, 5) is 24.2. The highest BCUT2D eigenvalue weighted by Gasteiger charge is 2.19. The van der Waals surface area contributed by atoms with E-state index in [0.29, 0.717) is 17.8 Å². The first-order valence-electron chi connectivity index (χ1n) is 6.52. The van der Waals surface area contributed by atoms with E-state index in [1.807, 2.05) is 6.92 Å². The molecule has 0 radical (unpaired) electrons. The van der Waals surface area contributed by atoms with Gasteiger partial charge in [-0.1, -0.05) is 41.7 Å². The molecule has 0 aromatic carbocycles. The predicted molar refractivity (Wildman–Crippen MR) is 87.3 cm³/mol. The van der Waals surface area contributed by atoms with Crippen LogP contribution in [0.25, 0.3) is 16.7 Å². The summed E-state index contributed by atoms with van der Waals surface area (Å²) in [5.41, 5.74) is 0.242. The van der Waals surface area contributed by atoms with Gasteiger partial charge in [0.1, 0.15) is 5.15 Å². The maximum Gasteiger partial charge on any atom is 0.355 e. The standard InChI is InChI=1S/C14H8Cl3FN4O/c1-2-9-10(7(15)3-4-19-9)22-13-6(11(16)21-14(22)23)5-8(18)12(17)20-13/h3-5H,2H2,1H3. The maximum atomic E-state index is 13.7. The minimum Gasteiger partial charge on any atom is -0.259 e. The van der Waals surface area contributed by atoms with E-state index in [-0.39, 0.29) is 26.4 Å². The first kappa shape index (κ1) is 16.1. The van der Waals surface area contributed by atoms with Crippen LogP contribution in [0.4, 0.5) is 4.39 Å². The summed E-state index contributed by atoms with van der Waals surface area (Å²) in [6.45, 7) is 1.86. The molecule has 0 aliphatic heterocycles. The number of aromatic nitrogens is 4. The zero-order valence-electron chi connectivity index (χ0n) is 11.6. The van der Waals surface area contributed by atoms with Crippen molar-refractivity contribution in [1.29, 1.82) is 0 Å². The van der Waals surface area contributed by atoms with Gasteiger partial charge < -0.3 is 0 Å². The van der Waals surface area contributed by atoms with Crippen molar-refractivity contribution in [3.05, 3.63) is 55.7 Å². The normalized spacial score (nSPS) is 11.2. The lowest BCUT2D eigenvalue weighted by atomic mass is 10.2. The van der Waals surface area contributed by atoms with Crippen LogP contribution >= 0.6 is 34.8 Å². The number of rotatable bonds is 2. The summed E-state index contributed by atoms with van der Waals surface area (Å²) >= 11 is 17.9. The number of halogens is 4. The van der Waals surface area contributed by atoms with E-state index in [9.17, 15) is 9.18 Å². The molecule has 5 nitrogen and oxygen atoms in total. The molecule has 0 N–H and O–H groups in total. The number of hydrogen-bond donors (Lipinski definition) is 0. The van der Waals surface area contributed by atoms with Gasteiger partial charge in [-0.05, 0) is 18.6 Å². The average molecular weight is 374 g/mol. The second-order valence-electron chi connectivity index (χ2n) is 4.59. The monoisotopic (exact) mass is 372 g/mol. The lowest BCUT2D eigenvalue weighted by Gasteiger charge is -2.14. The number of fused-ring (bicyclic) bond motifs is 1. The van der Waals surface area contributed by atoms with E-state index in [4.69, 9.17) is 34.8 Å². The van der Waals surface area contributed by atoms with Crippen LogP contribution in [-0.2, 0) is 6.42 Å². The fourth-order valence-corrected chi connectivity index (χ4v) is 2.83. The third-order valence-electron chi connectivity index (χ3n) is 3.24. The lowest BCUT2D eigenvalue weighted by molar-refractivity contribution is 0.624. The molecule has 0 aliphatic rings. The Kier molecular flexibility index (Phi) is 4.23. The first-order valence-corrected chi connectivity index (χ1v) is 7.65. The van der Waals surface area contributed by atoms with Gasteiger partial charge in [-0.3, -0.25) is 4.98 Å². The van der Waals surface area contributed by atoms with Crippen molar-refractivity contribution < 1.29 is 4.39 Å². The molecule has 3 heterocycles. The third kappa shape index (κ3) is 2.67. The van der Waals surface area contributed by atoms with Gasteiger partial charge in [0, 0.05) is 6.20 Å². The zero-order valence-corrected chi connectivity index (χ0v) is 13.9. The molecule has 0 bridgehead atoms. The van der Waals surface area contributed by atoms with E-state index in [1.165, 1.54) is 12.3 Å². The molecule has 0 saturated heterocycles. The summed E-state index contributed by atoms with van der Waals surface area (Å²) in [7, 11) is 0. The largest absolute Gasteiger partial charge is 0.355 e. The second-order valence-corrected chi connectivity index (χ2v) is 5.72. The highest BCUT2D eigenvalue weighted by atomic mass is 35.5. The zero-order chi connectivity index (χ0) is 16.7. The van der Waals surface area contributed by atoms with Crippen LogP contribution in [0.2, 0.25) is 15.3 Å². The maximum absolute atomic E-state index is 13.7. The van der Waals surface area contributed by atoms with E-state index >= 15 is 0 Å². The van der Waals surface area contributed by atoms with Gasteiger partial charge in [-0.2, -0.15) is 4.98 Å². The van der Waals surface area contributed by atoms with Gasteiger partial charge >= 0.3 is 5.69 Å². The van der Waals surface area contributed by atoms with Crippen LogP contribution in [0, 0.1) is 5.82 Å². The fourth-order valence-electron chi connectivity index (χ4n) is 2.23. The average Bonchev–Trinajstić information content (AvgIpc) is 2.50. The smallest absolute Gasteiger partial charge is 0.259 e. The molecule has 23 heavy (non-hydrogen) atoms. The summed E-state index contributed by atoms with van der Waals surface area (Å²) in [5, 5.41) is -0.116. The summed E-state index contributed by atoms with van der Waals surface area (Å²) in [6, 6.07) is 2.61. The molecule has 3 rings (SSSR count). The highest BCUT2D eigenvalue weighted by Crippen LogP contribution is 2.28. The molecule has 0 saturated carbocycles. The van der Waals surface area contributed by atoms with Gasteiger partial charge in [0.2, 0.25) is 0 Å². The Bertz CT molecular complexity index is 990. The molecule has 0 amide bonds. The van der Waals surface area contributed by atoms with Gasteiger partial charge in [0.25, 0.3) is 0 Å². The third-order valence-corrected chi connectivity index (χ3v) is 4.10. The van der Waals surface area contributed by atoms with Gasteiger partial charge in [-0.15, -0.1) is 0 Å². The van der Waals surface area contributed by atoms with Crippen LogP contribution in [0.5, 0.6) is 0 Å². The molecule has 3 aromatic heterocycles. The number of pyridine rings is 2. The molecule has 0 atom stereocenters. The molecule has 0 aliphatic carbocycles. The lowest BCUT2D eigenvalue weighted by Crippen LogP contribution is -2.24. The van der Waals surface area contributed by atoms with Crippen molar-refractivity contribution >= 4 is 45.8 Å². The number of nitrogens with zero attached hydrogens (tertiary/aromatic N) is 4. The Morgan fingerprint density at radius 2 is 1.96 bits per heavy atom. The molecule has 0 fully saturated rings. The van der Waals surface area contributed by atoms with Crippen LogP contribution in [0.15, 0.2) is 23.1 Å². The minimum atomic E-state index is -0.763. The Labute approximate surface area is 144 Å². The SMILES string of the molecule is CCc1nccc(Cl)c1-n1c(=O)nc(Cl)c2cc(F)c(Cl)nc21. The van der Waals surface area contributed by atoms with Crippen molar-refractivity contribution in [2.45, 2.75) is 13.3 Å². The molecular formula is C14H8Cl3FN4O. The summed E-state index contributed by atoms with van der Waals surface area (Å²) < 4.78 is 14.8. The molecular weight excluding hydrogens is 366 g/mol. The van der Waals surface area contributed by atoms with Gasteiger partial charge in [0.15, 0.2) is 16.6 Å². The van der Waals surface area contributed by atoms with Crippen LogP contribution < -0.4 is 5.69 Å². The molecule has 118 valence electrons. The fraction of sp³-hybridized carbons (Fsp3) is 0.143. The summed E-state index contributed by atoms with van der Waals surface area (Å²) in [6.07, 6.45) is 2.04. The second kappa shape index (κ2) is 6.03. The molecule has 9 heteroatoms. The van der Waals surface area contributed by atoms with E-state index < -0.39 is 11.5 Å². The van der Waals surface area contributed by atoms with E-state index in [1.54, 1.807) is 0 Å².